The highest BCUT2D eigenvalue weighted by molar-refractivity contribution is 5.99. The van der Waals surface area contributed by atoms with Gasteiger partial charge in [-0.15, -0.1) is 0 Å². The van der Waals surface area contributed by atoms with Crippen LogP contribution in [0.2, 0.25) is 0 Å². The summed E-state index contributed by atoms with van der Waals surface area (Å²) in [6.45, 7) is 0.625. The minimum atomic E-state index is -1.02. The first-order chi connectivity index (χ1) is 4.20. The molecular weight excluding hydrogens is 123 g/mol. The molecule has 0 rings (SSSR count). The molecule has 0 aromatic carbocycles. The lowest BCUT2D eigenvalue weighted by Crippen LogP contribution is -2.07. The molecule has 0 unspecified atom stereocenters. The summed E-state index contributed by atoms with van der Waals surface area (Å²) in [7, 11) is 0. The molecule has 0 saturated carbocycles. The maximum Gasteiger partial charge on any atom is 0.171 e. The van der Waals surface area contributed by atoms with Crippen molar-refractivity contribution in [3.8, 4) is 0 Å². The molecule has 0 fully saturated rings. The van der Waals surface area contributed by atoms with Crippen LogP contribution in [-0.4, -0.2) is 18.2 Å². The molecule has 0 aliphatic rings. The van der Waals surface area contributed by atoms with Gasteiger partial charge in [-0.25, -0.2) is 4.39 Å². The smallest absolute Gasteiger partial charge is 0.171 e. The fourth-order valence-corrected chi connectivity index (χ4v) is 0.392. The number of hydrogen-bond acceptors (Lipinski definition) is 2. The monoisotopic (exact) mass is 132 g/mol. The summed E-state index contributed by atoms with van der Waals surface area (Å²) in [5.41, 5.74) is 0. The first-order valence-corrected chi connectivity index (χ1v) is 2.80. The van der Waals surface area contributed by atoms with Gasteiger partial charge in [-0.1, -0.05) is 6.92 Å². The van der Waals surface area contributed by atoms with Gasteiger partial charge in [0, 0.05) is 6.42 Å². The van der Waals surface area contributed by atoms with Gasteiger partial charge in [-0.3, -0.25) is 9.59 Å². The molecule has 0 spiro atoms. The van der Waals surface area contributed by atoms with Gasteiger partial charge in [0.1, 0.15) is 12.5 Å². The van der Waals surface area contributed by atoms with Crippen molar-refractivity contribution >= 4 is 11.6 Å². The average molecular weight is 132 g/mol. The van der Waals surface area contributed by atoms with Crippen LogP contribution in [0.1, 0.15) is 19.8 Å². The molecule has 0 aromatic rings. The highest BCUT2D eigenvalue weighted by Gasteiger charge is 2.05. The van der Waals surface area contributed by atoms with Crippen molar-refractivity contribution in [2.45, 2.75) is 19.8 Å². The summed E-state index contributed by atoms with van der Waals surface area (Å²) in [4.78, 5) is 20.6. The van der Waals surface area contributed by atoms with Crippen molar-refractivity contribution < 1.29 is 14.0 Å². The van der Waals surface area contributed by atoms with Gasteiger partial charge in [0.25, 0.3) is 0 Å². The Bertz CT molecular complexity index is 106. The van der Waals surface area contributed by atoms with Gasteiger partial charge in [-0.2, -0.15) is 0 Å². The summed E-state index contributed by atoms with van der Waals surface area (Å²) in [5, 5.41) is 0. The van der Waals surface area contributed by atoms with Gasteiger partial charge in [0.15, 0.2) is 5.78 Å². The summed E-state index contributed by atoms with van der Waals surface area (Å²) >= 11 is 0. The fraction of sp³-hybridized carbons (Fsp3) is 0.667. The molecule has 0 aromatic heterocycles. The Morgan fingerprint density at radius 3 is 2.22 bits per heavy atom. The average Bonchev–Trinajstić information content (AvgIpc) is 1.87. The van der Waals surface area contributed by atoms with E-state index in [-0.39, 0.29) is 12.2 Å². The van der Waals surface area contributed by atoms with Gasteiger partial charge in [-0.05, 0) is 0 Å². The molecule has 0 N–H and O–H groups in total. The number of carbonyl (C=O) groups excluding carboxylic acids is 2. The number of hydrogen-bond donors (Lipinski definition) is 0. The van der Waals surface area contributed by atoms with E-state index in [0.29, 0.717) is 6.42 Å². The number of carbonyl (C=O) groups is 2. The van der Waals surface area contributed by atoms with Gasteiger partial charge in [0.05, 0.1) is 6.42 Å². The zero-order valence-corrected chi connectivity index (χ0v) is 5.32. The van der Waals surface area contributed by atoms with Gasteiger partial charge in [0.2, 0.25) is 0 Å². The van der Waals surface area contributed by atoms with Crippen molar-refractivity contribution in [3.63, 3.8) is 0 Å². The Kier molecular flexibility index (Phi) is 3.84. The SMILES string of the molecule is CCC(=O)CC(=O)CF. The quantitative estimate of drug-likeness (QED) is 0.532. The van der Waals surface area contributed by atoms with Gasteiger partial charge < -0.3 is 0 Å². The second-order valence-corrected chi connectivity index (χ2v) is 1.74. The standard InChI is InChI=1S/C6H9FO2/c1-2-5(8)3-6(9)4-7/h2-4H2,1H3. The number of ketones is 2. The van der Waals surface area contributed by atoms with E-state index >= 15 is 0 Å². The van der Waals surface area contributed by atoms with Crippen LogP contribution in [0.25, 0.3) is 0 Å². The van der Waals surface area contributed by atoms with Crippen molar-refractivity contribution in [1.82, 2.24) is 0 Å². The van der Waals surface area contributed by atoms with E-state index in [1.54, 1.807) is 6.92 Å². The lowest BCUT2D eigenvalue weighted by molar-refractivity contribution is -0.127. The van der Waals surface area contributed by atoms with Crippen LogP contribution in [0, 0.1) is 0 Å². The second-order valence-electron chi connectivity index (χ2n) is 1.74. The molecule has 0 heterocycles. The Morgan fingerprint density at radius 1 is 1.33 bits per heavy atom. The van der Waals surface area contributed by atoms with E-state index in [4.69, 9.17) is 0 Å². The Balaban J connectivity index is 3.47. The van der Waals surface area contributed by atoms with Crippen LogP contribution < -0.4 is 0 Å². The molecule has 2 nitrogen and oxygen atoms in total. The van der Waals surface area contributed by atoms with E-state index in [1.165, 1.54) is 0 Å². The molecule has 3 heteroatoms. The molecule has 0 atom stereocenters. The topological polar surface area (TPSA) is 34.1 Å². The summed E-state index contributed by atoms with van der Waals surface area (Å²) in [6.07, 6.45) is 0.0682. The summed E-state index contributed by atoms with van der Waals surface area (Å²) < 4.78 is 11.4. The first kappa shape index (κ1) is 8.27. The molecule has 0 saturated heterocycles. The van der Waals surface area contributed by atoms with Crippen LogP contribution in [0.15, 0.2) is 0 Å². The zero-order valence-electron chi connectivity index (χ0n) is 5.32. The van der Waals surface area contributed by atoms with Crippen molar-refractivity contribution in [2.75, 3.05) is 6.67 Å². The van der Waals surface area contributed by atoms with Crippen LogP contribution in [-0.2, 0) is 9.59 Å². The third-order valence-corrected chi connectivity index (χ3v) is 0.938. The molecule has 9 heavy (non-hydrogen) atoms. The lowest BCUT2D eigenvalue weighted by Gasteiger charge is -1.89. The largest absolute Gasteiger partial charge is 0.299 e. The summed E-state index contributed by atoms with van der Waals surface area (Å²) in [5.74, 6) is -0.820. The Morgan fingerprint density at radius 2 is 1.89 bits per heavy atom. The predicted molar refractivity (Wildman–Crippen MR) is 30.9 cm³/mol. The molecule has 0 amide bonds. The van der Waals surface area contributed by atoms with E-state index in [9.17, 15) is 14.0 Å². The van der Waals surface area contributed by atoms with E-state index < -0.39 is 12.5 Å². The normalized spacial score (nSPS) is 9.11. The van der Waals surface area contributed by atoms with Gasteiger partial charge >= 0.3 is 0 Å². The van der Waals surface area contributed by atoms with Crippen molar-refractivity contribution in [3.05, 3.63) is 0 Å². The maximum atomic E-state index is 11.4. The first-order valence-electron chi connectivity index (χ1n) is 2.80. The zero-order chi connectivity index (χ0) is 7.28. The second kappa shape index (κ2) is 4.18. The highest BCUT2D eigenvalue weighted by atomic mass is 19.1. The molecule has 0 aliphatic carbocycles. The molecular formula is C6H9FO2. The van der Waals surface area contributed by atoms with Crippen LogP contribution in [0.3, 0.4) is 0 Å². The minimum Gasteiger partial charge on any atom is -0.299 e. The molecule has 0 radical (unpaired) electrons. The molecule has 0 bridgehead atoms. The fourth-order valence-electron chi connectivity index (χ4n) is 0.392. The van der Waals surface area contributed by atoms with Crippen LogP contribution in [0.5, 0.6) is 0 Å². The van der Waals surface area contributed by atoms with E-state index in [1.807, 2.05) is 0 Å². The Hall–Kier alpha value is -0.730. The van der Waals surface area contributed by atoms with Crippen molar-refractivity contribution in [2.24, 2.45) is 0 Å². The number of alkyl halides is 1. The lowest BCUT2D eigenvalue weighted by atomic mass is 10.2. The Labute approximate surface area is 53.1 Å². The molecule has 0 aliphatic heterocycles. The number of halogens is 1. The van der Waals surface area contributed by atoms with Crippen LogP contribution >= 0.6 is 0 Å². The summed E-state index contributed by atoms with van der Waals surface area (Å²) in [6, 6.07) is 0. The van der Waals surface area contributed by atoms with E-state index in [0.717, 1.165) is 0 Å². The number of Topliss-reactive ketones (excluding diaryl/α,β-unsaturated/α-hetero) is 2. The minimum absolute atomic E-state index is 0.197. The third kappa shape index (κ3) is 3.82. The highest BCUT2D eigenvalue weighted by Crippen LogP contribution is 1.90. The predicted octanol–water partition coefficient (Wildman–Crippen LogP) is 0.894. The third-order valence-electron chi connectivity index (χ3n) is 0.938. The van der Waals surface area contributed by atoms with E-state index in [2.05, 4.69) is 0 Å². The maximum absolute atomic E-state index is 11.4. The van der Waals surface area contributed by atoms with Crippen molar-refractivity contribution in [1.29, 1.82) is 0 Å². The van der Waals surface area contributed by atoms with Crippen LogP contribution in [0.4, 0.5) is 4.39 Å². The molecule has 52 valence electrons. The number of rotatable bonds is 4.